The van der Waals surface area contributed by atoms with Crippen LogP contribution in [0.3, 0.4) is 0 Å². The highest BCUT2D eigenvalue weighted by atomic mass is 28.4. The first-order valence-corrected chi connectivity index (χ1v) is 19.6. The van der Waals surface area contributed by atoms with Crippen molar-refractivity contribution in [1.29, 1.82) is 0 Å². The van der Waals surface area contributed by atoms with Gasteiger partial charge in [-0.25, -0.2) is 29.9 Å². The molecular formula is C31H47N17O3Si. The highest BCUT2D eigenvalue weighted by Crippen LogP contribution is 2.20. The first kappa shape index (κ1) is 36.8. The van der Waals surface area contributed by atoms with Gasteiger partial charge in [-0.05, 0) is 46.6 Å². The van der Waals surface area contributed by atoms with Gasteiger partial charge in [0.15, 0.2) is 22.9 Å². The molecule has 6 aromatic heterocycles. The van der Waals surface area contributed by atoms with Gasteiger partial charge in [0.25, 0.3) is 0 Å². The molecule has 0 aliphatic heterocycles. The second kappa shape index (κ2) is 17.5. The SMILES string of the molecule is CCO[Si](CCCN(Cc1cn(CCCn2cnc3c(N)ncnc32)nn1)Cc1cn(CCCn2cnc3c(N)ncnc32)nn1)(OCC)OCC. The van der Waals surface area contributed by atoms with E-state index in [1.54, 1.807) is 12.7 Å². The minimum Gasteiger partial charge on any atom is -0.382 e. The Labute approximate surface area is 301 Å². The molecule has 52 heavy (non-hydrogen) atoms. The normalized spacial score (nSPS) is 12.2. The summed E-state index contributed by atoms with van der Waals surface area (Å²) in [5, 5.41) is 17.8. The Hall–Kier alpha value is -4.96. The van der Waals surface area contributed by atoms with Gasteiger partial charge in [0.05, 0.1) is 24.0 Å². The minimum atomic E-state index is -2.79. The smallest absolute Gasteiger partial charge is 0.382 e. The summed E-state index contributed by atoms with van der Waals surface area (Å²) >= 11 is 0. The van der Waals surface area contributed by atoms with Gasteiger partial charge in [0, 0.05) is 77.5 Å². The van der Waals surface area contributed by atoms with Crippen LogP contribution in [-0.4, -0.2) is 109 Å². The van der Waals surface area contributed by atoms with E-state index < -0.39 is 8.80 Å². The highest BCUT2D eigenvalue weighted by molar-refractivity contribution is 6.60. The fourth-order valence-electron chi connectivity index (χ4n) is 6.16. The van der Waals surface area contributed by atoms with E-state index in [9.17, 15) is 0 Å². The van der Waals surface area contributed by atoms with Gasteiger partial charge in [-0.15, -0.1) is 10.2 Å². The van der Waals surface area contributed by atoms with Crippen LogP contribution in [0.5, 0.6) is 0 Å². The van der Waals surface area contributed by atoms with Crippen molar-refractivity contribution in [2.45, 2.75) is 85.3 Å². The molecule has 6 heterocycles. The van der Waals surface area contributed by atoms with Crippen molar-refractivity contribution in [3.63, 3.8) is 0 Å². The van der Waals surface area contributed by atoms with Crippen molar-refractivity contribution >= 4 is 42.8 Å². The summed E-state index contributed by atoms with van der Waals surface area (Å²) in [5.74, 6) is 0.750. The molecule has 6 aromatic rings. The van der Waals surface area contributed by atoms with E-state index in [4.69, 9.17) is 24.7 Å². The fourth-order valence-corrected chi connectivity index (χ4v) is 8.76. The summed E-state index contributed by atoms with van der Waals surface area (Å²) in [6, 6.07) is 0.706. The molecule has 0 spiro atoms. The molecule has 0 aliphatic rings. The van der Waals surface area contributed by atoms with Crippen molar-refractivity contribution in [3.8, 4) is 0 Å². The molecule has 6 rings (SSSR count). The van der Waals surface area contributed by atoms with Gasteiger partial charge in [0.1, 0.15) is 23.7 Å². The standard InChI is InChI=1S/C31H47N17O3Si/c1-4-49-52(50-5-2,51-6-3)15-9-10-44(16-24-18-47(42-40-24)13-7-11-45-22-38-26-28(32)34-20-36-30(26)45)17-25-19-48(43-41-25)14-8-12-46-23-39-27-29(33)35-21-37-31(27)46/h18-23H,4-17H2,1-3H3,(H2,32,34,36)(H2,33,35,37). The quantitative estimate of drug-likeness (QED) is 0.0949. The van der Waals surface area contributed by atoms with E-state index in [0.717, 1.165) is 48.5 Å². The molecule has 0 saturated carbocycles. The average Bonchev–Trinajstić information content (AvgIpc) is 3.94. The lowest BCUT2D eigenvalue weighted by Crippen LogP contribution is -2.46. The molecular weight excluding hydrogens is 687 g/mol. The Morgan fingerprint density at radius 3 is 1.58 bits per heavy atom. The van der Waals surface area contributed by atoms with Gasteiger partial charge < -0.3 is 33.9 Å². The molecule has 0 radical (unpaired) electrons. The maximum atomic E-state index is 6.11. The Morgan fingerprint density at radius 2 is 1.12 bits per heavy atom. The maximum absolute atomic E-state index is 6.11. The van der Waals surface area contributed by atoms with Gasteiger partial charge >= 0.3 is 8.80 Å². The zero-order chi connectivity index (χ0) is 36.3. The Kier molecular flexibility index (Phi) is 12.4. The zero-order valence-corrected chi connectivity index (χ0v) is 31.0. The lowest BCUT2D eigenvalue weighted by Gasteiger charge is -2.29. The molecule has 4 N–H and O–H groups in total. The minimum absolute atomic E-state index is 0.375. The van der Waals surface area contributed by atoms with E-state index in [0.29, 0.717) is 87.8 Å². The number of hydrogen-bond donors (Lipinski definition) is 2. The summed E-state index contributed by atoms with van der Waals surface area (Å²) < 4.78 is 26.0. The Bertz CT molecular complexity index is 1870. The summed E-state index contributed by atoms with van der Waals surface area (Å²) in [7, 11) is -2.79. The molecule has 0 saturated heterocycles. The first-order valence-electron chi connectivity index (χ1n) is 17.6. The third-order valence-corrected chi connectivity index (χ3v) is 11.6. The Morgan fingerprint density at radius 1 is 0.635 bits per heavy atom. The molecule has 0 amide bonds. The molecule has 0 atom stereocenters. The average molecular weight is 734 g/mol. The molecule has 278 valence electrons. The molecule has 21 heteroatoms. The van der Waals surface area contributed by atoms with E-state index >= 15 is 0 Å². The summed E-state index contributed by atoms with van der Waals surface area (Å²) in [6.45, 7) is 12.2. The summed E-state index contributed by atoms with van der Waals surface area (Å²) in [4.78, 5) is 27.7. The predicted octanol–water partition coefficient (Wildman–Crippen LogP) is 1.93. The summed E-state index contributed by atoms with van der Waals surface area (Å²) in [6.07, 6.45) is 12.8. The van der Waals surface area contributed by atoms with E-state index in [1.807, 2.05) is 51.7 Å². The van der Waals surface area contributed by atoms with Crippen LogP contribution in [0, 0.1) is 0 Å². The van der Waals surface area contributed by atoms with Crippen molar-refractivity contribution in [2.24, 2.45) is 0 Å². The van der Waals surface area contributed by atoms with Crippen LogP contribution >= 0.6 is 0 Å². The van der Waals surface area contributed by atoms with Crippen LogP contribution in [0.4, 0.5) is 11.6 Å². The van der Waals surface area contributed by atoms with Gasteiger partial charge in [-0.2, -0.15) is 0 Å². The lowest BCUT2D eigenvalue weighted by molar-refractivity contribution is 0.0697. The van der Waals surface area contributed by atoms with Crippen LogP contribution < -0.4 is 11.5 Å². The van der Waals surface area contributed by atoms with Crippen LogP contribution in [-0.2, 0) is 52.5 Å². The number of anilines is 2. The van der Waals surface area contributed by atoms with Crippen molar-refractivity contribution < 1.29 is 13.3 Å². The maximum Gasteiger partial charge on any atom is 0.500 e. The summed E-state index contributed by atoms with van der Waals surface area (Å²) in [5.41, 5.74) is 16.3. The van der Waals surface area contributed by atoms with E-state index in [-0.39, 0.29) is 0 Å². The predicted molar refractivity (Wildman–Crippen MR) is 193 cm³/mol. The van der Waals surface area contributed by atoms with Gasteiger partial charge in [0.2, 0.25) is 0 Å². The molecule has 0 aliphatic carbocycles. The van der Waals surface area contributed by atoms with Crippen LogP contribution in [0.2, 0.25) is 6.04 Å². The highest BCUT2D eigenvalue weighted by Gasteiger charge is 2.39. The van der Waals surface area contributed by atoms with E-state index in [2.05, 4.69) is 55.4 Å². The topological polar surface area (TPSA) is 232 Å². The number of aryl methyl sites for hydroxylation is 4. The molecule has 20 nitrogen and oxygen atoms in total. The third-order valence-electron chi connectivity index (χ3n) is 8.42. The number of aromatic nitrogens is 14. The van der Waals surface area contributed by atoms with Gasteiger partial charge in [-0.3, -0.25) is 14.3 Å². The van der Waals surface area contributed by atoms with Crippen molar-refractivity contribution in [2.75, 3.05) is 37.8 Å². The largest absolute Gasteiger partial charge is 0.500 e. The molecule has 0 fully saturated rings. The number of nitrogens with zero attached hydrogens (tertiary/aromatic N) is 15. The van der Waals surface area contributed by atoms with Crippen molar-refractivity contribution in [3.05, 3.63) is 49.1 Å². The van der Waals surface area contributed by atoms with Crippen LogP contribution in [0.25, 0.3) is 22.3 Å². The van der Waals surface area contributed by atoms with Crippen LogP contribution in [0.1, 0.15) is 51.4 Å². The second-order valence-electron chi connectivity index (χ2n) is 12.2. The number of rotatable bonds is 22. The zero-order valence-electron chi connectivity index (χ0n) is 30.0. The molecule has 0 aromatic carbocycles. The number of fused-ring (bicyclic) bond motifs is 2. The van der Waals surface area contributed by atoms with Gasteiger partial charge in [-0.1, -0.05) is 10.4 Å². The monoisotopic (exact) mass is 733 g/mol. The Balaban J connectivity index is 1.07. The number of nitrogen functional groups attached to an aromatic ring is 2. The van der Waals surface area contributed by atoms with Crippen LogP contribution in [0.15, 0.2) is 37.7 Å². The first-order chi connectivity index (χ1) is 25.4. The third kappa shape index (κ3) is 9.09. The molecule has 0 bridgehead atoms. The lowest BCUT2D eigenvalue weighted by atomic mass is 10.3. The van der Waals surface area contributed by atoms with E-state index in [1.165, 1.54) is 12.7 Å². The number of hydrogen-bond acceptors (Lipinski definition) is 16. The number of imidazole rings is 2. The van der Waals surface area contributed by atoms with Crippen molar-refractivity contribution in [1.82, 2.24) is 73.9 Å². The molecule has 0 unspecified atom stereocenters. The number of nitrogens with two attached hydrogens (primary N) is 2. The fraction of sp³-hybridized carbons (Fsp3) is 0.548. The second-order valence-corrected chi connectivity index (χ2v) is 14.9.